The maximum Gasteiger partial charge on any atom is 0.231 e. The fourth-order valence-corrected chi connectivity index (χ4v) is 2.74. The lowest BCUT2D eigenvalue weighted by Crippen LogP contribution is -2.33. The Morgan fingerprint density at radius 1 is 1.53 bits per heavy atom. The van der Waals surface area contributed by atoms with Gasteiger partial charge >= 0.3 is 0 Å². The van der Waals surface area contributed by atoms with Gasteiger partial charge in [0.2, 0.25) is 16.9 Å². The summed E-state index contributed by atoms with van der Waals surface area (Å²) in [7, 11) is 0. The summed E-state index contributed by atoms with van der Waals surface area (Å²) in [6.45, 7) is 6.39. The van der Waals surface area contributed by atoms with Crippen molar-refractivity contribution in [3.8, 4) is 0 Å². The zero-order valence-corrected chi connectivity index (χ0v) is 12.2. The maximum atomic E-state index is 12.1. The molecule has 0 spiro atoms. The van der Waals surface area contributed by atoms with Gasteiger partial charge in [-0.15, -0.1) is 10.2 Å². The van der Waals surface area contributed by atoms with Crippen molar-refractivity contribution in [2.45, 2.75) is 39.7 Å². The van der Waals surface area contributed by atoms with E-state index in [1.54, 1.807) is 4.90 Å². The molecule has 1 aliphatic rings. The van der Waals surface area contributed by atoms with Gasteiger partial charge in [-0.2, -0.15) is 0 Å². The summed E-state index contributed by atoms with van der Waals surface area (Å²) in [5.41, 5.74) is 0. The summed E-state index contributed by atoms with van der Waals surface area (Å²) in [5, 5.41) is 12.0. The number of aromatic nitrogens is 2. The number of likely N-dealkylation sites (tertiary alicyclic amines) is 1. The van der Waals surface area contributed by atoms with Gasteiger partial charge in [0.25, 0.3) is 0 Å². The van der Waals surface area contributed by atoms with Crippen LogP contribution in [0.25, 0.3) is 0 Å². The normalized spacial score (nSPS) is 19.3. The molecule has 0 bridgehead atoms. The Morgan fingerprint density at radius 2 is 2.26 bits per heavy atom. The highest BCUT2D eigenvalue weighted by Crippen LogP contribution is 2.23. The van der Waals surface area contributed by atoms with Crippen LogP contribution in [0.3, 0.4) is 0 Å². The third-order valence-electron chi connectivity index (χ3n) is 3.15. The molecule has 1 saturated heterocycles. The average Bonchev–Trinajstić information content (AvgIpc) is 2.95. The third-order valence-corrected chi connectivity index (χ3v) is 4.14. The van der Waals surface area contributed by atoms with Crippen LogP contribution in [0.2, 0.25) is 0 Å². The summed E-state index contributed by atoms with van der Waals surface area (Å²) in [6.07, 6.45) is 1.08. The standard InChI is InChI=1S/C12H18N4O2S/c1-4-9-14-15-12(19-9)13-11(18)8-5-10(17)16(6-8)7(2)3/h7-8H,4-6H2,1-3H3,(H,13,15,18). The van der Waals surface area contributed by atoms with Crippen molar-refractivity contribution >= 4 is 28.3 Å². The van der Waals surface area contributed by atoms with Crippen LogP contribution in [0.15, 0.2) is 0 Å². The monoisotopic (exact) mass is 282 g/mol. The van der Waals surface area contributed by atoms with E-state index >= 15 is 0 Å². The van der Waals surface area contributed by atoms with Crippen LogP contribution in [0.1, 0.15) is 32.2 Å². The molecule has 0 saturated carbocycles. The van der Waals surface area contributed by atoms with Crippen molar-refractivity contribution in [1.82, 2.24) is 15.1 Å². The fourth-order valence-electron chi connectivity index (χ4n) is 2.06. The number of aryl methyl sites for hydroxylation is 1. The van der Waals surface area contributed by atoms with Crippen molar-refractivity contribution in [3.63, 3.8) is 0 Å². The van der Waals surface area contributed by atoms with E-state index in [4.69, 9.17) is 0 Å². The number of carbonyl (C=O) groups is 2. The van der Waals surface area contributed by atoms with Gasteiger partial charge in [0.1, 0.15) is 5.01 Å². The minimum atomic E-state index is -0.288. The van der Waals surface area contributed by atoms with E-state index in [9.17, 15) is 9.59 Å². The van der Waals surface area contributed by atoms with Gasteiger partial charge in [-0.3, -0.25) is 9.59 Å². The quantitative estimate of drug-likeness (QED) is 0.903. The molecule has 0 radical (unpaired) electrons. The number of anilines is 1. The van der Waals surface area contributed by atoms with E-state index in [1.807, 2.05) is 20.8 Å². The molecule has 1 unspecified atom stereocenters. The Morgan fingerprint density at radius 3 is 2.79 bits per heavy atom. The van der Waals surface area contributed by atoms with Crippen LogP contribution >= 0.6 is 11.3 Å². The number of nitrogens with one attached hydrogen (secondary N) is 1. The molecule has 2 amide bonds. The maximum absolute atomic E-state index is 12.1. The first-order chi connectivity index (χ1) is 9.01. The SMILES string of the molecule is CCc1nnc(NC(=O)C2CC(=O)N(C(C)C)C2)s1. The largest absolute Gasteiger partial charge is 0.339 e. The van der Waals surface area contributed by atoms with Crippen LogP contribution in [-0.4, -0.2) is 39.5 Å². The lowest BCUT2D eigenvalue weighted by molar-refractivity contribution is -0.129. The van der Waals surface area contributed by atoms with Crippen molar-refractivity contribution in [3.05, 3.63) is 5.01 Å². The Labute approximate surface area is 116 Å². The highest BCUT2D eigenvalue weighted by atomic mass is 32.1. The molecule has 1 aromatic heterocycles. The minimum Gasteiger partial charge on any atom is -0.339 e. The van der Waals surface area contributed by atoms with E-state index < -0.39 is 0 Å². The Balaban J connectivity index is 1.96. The van der Waals surface area contributed by atoms with Crippen LogP contribution < -0.4 is 5.32 Å². The molecular weight excluding hydrogens is 264 g/mol. The summed E-state index contributed by atoms with van der Waals surface area (Å²) in [5.74, 6) is -0.388. The topological polar surface area (TPSA) is 75.2 Å². The highest BCUT2D eigenvalue weighted by Gasteiger charge is 2.35. The average molecular weight is 282 g/mol. The van der Waals surface area contributed by atoms with Gasteiger partial charge in [0.05, 0.1) is 5.92 Å². The van der Waals surface area contributed by atoms with E-state index in [0.29, 0.717) is 11.7 Å². The molecule has 1 aliphatic heterocycles. The van der Waals surface area contributed by atoms with Crippen LogP contribution in [0, 0.1) is 5.92 Å². The molecule has 1 atom stereocenters. The highest BCUT2D eigenvalue weighted by molar-refractivity contribution is 7.15. The second-order valence-electron chi connectivity index (χ2n) is 4.88. The third kappa shape index (κ3) is 3.09. The van der Waals surface area contributed by atoms with Gasteiger partial charge in [0, 0.05) is 19.0 Å². The number of hydrogen-bond donors (Lipinski definition) is 1. The molecule has 1 aromatic rings. The molecule has 6 nitrogen and oxygen atoms in total. The molecule has 0 aliphatic carbocycles. The fraction of sp³-hybridized carbons (Fsp3) is 0.667. The number of amides is 2. The van der Waals surface area contributed by atoms with Gasteiger partial charge < -0.3 is 10.2 Å². The summed E-state index contributed by atoms with van der Waals surface area (Å²) in [4.78, 5) is 25.6. The molecular formula is C12H18N4O2S. The summed E-state index contributed by atoms with van der Waals surface area (Å²) < 4.78 is 0. The zero-order chi connectivity index (χ0) is 14.0. The van der Waals surface area contributed by atoms with Crippen molar-refractivity contribution < 1.29 is 9.59 Å². The van der Waals surface area contributed by atoms with E-state index in [1.165, 1.54) is 11.3 Å². The summed E-state index contributed by atoms with van der Waals surface area (Å²) in [6, 6.07) is 0.138. The minimum absolute atomic E-state index is 0.0432. The molecule has 0 aromatic carbocycles. The Hall–Kier alpha value is -1.50. The first-order valence-corrected chi connectivity index (χ1v) is 7.25. The molecule has 19 heavy (non-hydrogen) atoms. The van der Waals surface area contributed by atoms with Gasteiger partial charge in [0.15, 0.2) is 0 Å². The van der Waals surface area contributed by atoms with Gasteiger partial charge in [-0.25, -0.2) is 0 Å². The molecule has 7 heteroatoms. The number of rotatable bonds is 4. The van der Waals surface area contributed by atoms with E-state index in [0.717, 1.165) is 11.4 Å². The second-order valence-corrected chi connectivity index (χ2v) is 5.95. The van der Waals surface area contributed by atoms with Crippen molar-refractivity contribution in [1.29, 1.82) is 0 Å². The van der Waals surface area contributed by atoms with Crippen LogP contribution in [0.5, 0.6) is 0 Å². The van der Waals surface area contributed by atoms with Crippen LogP contribution in [-0.2, 0) is 16.0 Å². The molecule has 1 N–H and O–H groups in total. The van der Waals surface area contributed by atoms with Crippen molar-refractivity contribution in [2.24, 2.45) is 5.92 Å². The number of hydrogen-bond acceptors (Lipinski definition) is 5. The molecule has 1 fully saturated rings. The zero-order valence-electron chi connectivity index (χ0n) is 11.3. The molecule has 104 valence electrons. The van der Waals surface area contributed by atoms with E-state index in [-0.39, 0.29) is 30.2 Å². The predicted molar refractivity (Wildman–Crippen MR) is 72.9 cm³/mol. The first kappa shape index (κ1) is 13.9. The van der Waals surface area contributed by atoms with Gasteiger partial charge in [-0.1, -0.05) is 18.3 Å². The van der Waals surface area contributed by atoms with Crippen LogP contribution in [0.4, 0.5) is 5.13 Å². The Kier molecular flexibility index (Phi) is 4.14. The van der Waals surface area contributed by atoms with Crippen molar-refractivity contribution in [2.75, 3.05) is 11.9 Å². The lowest BCUT2D eigenvalue weighted by atomic mass is 10.1. The number of nitrogens with zero attached hydrogens (tertiary/aromatic N) is 3. The molecule has 2 heterocycles. The molecule has 2 rings (SSSR count). The number of carbonyl (C=O) groups excluding carboxylic acids is 2. The predicted octanol–water partition coefficient (Wildman–Crippen LogP) is 1.30. The van der Waals surface area contributed by atoms with E-state index in [2.05, 4.69) is 15.5 Å². The Bertz CT molecular complexity index is 486. The van der Waals surface area contributed by atoms with Gasteiger partial charge in [-0.05, 0) is 20.3 Å². The summed E-state index contributed by atoms with van der Waals surface area (Å²) >= 11 is 1.38. The lowest BCUT2D eigenvalue weighted by Gasteiger charge is -2.20. The first-order valence-electron chi connectivity index (χ1n) is 6.44. The smallest absolute Gasteiger partial charge is 0.231 e. The second kappa shape index (κ2) is 5.64.